The summed E-state index contributed by atoms with van der Waals surface area (Å²) in [4.78, 5) is 0. The van der Waals surface area contributed by atoms with E-state index in [2.05, 4.69) is 0 Å². The van der Waals surface area contributed by atoms with E-state index in [1.54, 1.807) is 12.1 Å². The minimum absolute atomic E-state index is 0.212. The number of rotatable bonds is 3. The Kier molecular flexibility index (Phi) is 3.86. The number of ether oxygens (including phenoxy) is 1. The minimum atomic E-state index is -0.394. The number of para-hydroxylation sites is 1. The highest BCUT2D eigenvalue weighted by Crippen LogP contribution is 2.33. The van der Waals surface area contributed by atoms with E-state index in [1.165, 1.54) is 6.07 Å². The maximum absolute atomic E-state index is 13.9. The molecule has 2 aromatic rings. The number of benzene rings is 2. The van der Waals surface area contributed by atoms with Crippen LogP contribution in [0, 0.1) is 19.7 Å². The molecule has 0 heterocycles. The van der Waals surface area contributed by atoms with Crippen LogP contribution < -0.4 is 10.5 Å². The standard InChI is InChI=1S/C16H18FNO/c1-10-7-8-15(11(2)9-10)19-16-13(12(3)18)5-4-6-14(16)17/h4-9,12H,18H2,1-3H3/t12-/m0/s1. The van der Waals surface area contributed by atoms with Crippen molar-refractivity contribution in [3.05, 3.63) is 58.9 Å². The molecule has 0 bridgehead atoms. The quantitative estimate of drug-likeness (QED) is 0.894. The van der Waals surface area contributed by atoms with Crippen LogP contribution in [0.15, 0.2) is 36.4 Å². The van der Waals surface area contributed by atoms with Gasteiger partial charge < -0.3 is 10.5 Å². The van der Waals surface area contributed by atoms with Crippen LogP contribution in [-0.4, -0.2) is 0 Å². The lowest BCUT2D eigenvalue weighted by Crippen LogP contribution is -2.08. The first-order chi connectivity index (χ1) is 8.99. The van der Waals surface area contributed by atoms with Crippen LogP contribution in [0.5, 0.6) is 11.5 Å². The van der Waals surface area contributed by atoms with E-state index < -0.39 is 5.82 Å². The number of aryl methyl sites for hydroxylation is 2. The molecule has 0 amide bonds. The molecular weight excluding hydrogens is 241 g/mol. The summed E-state index contributed by atoms with van der Waals surface area (Å²) < 4.78 is 19.7. The van der Waals surface area contributed by atoms with Crippen LogP contribution >= 0.6 is 0 Å². The van der Waals surface area contributed by atoms with E-state index in [4.69, 9.17) is 10.5 Å². The average Bonchev–Trinajstić information content (AvgIpc) is 2.34. The van der Waals surface area contributed by atoms with Crippen LogP contribution in [0.2, 0.25) is 0 Å². The smallest absolute Gasteiger partial charge is 0.167 e. The van der Waals surface area contributed by atoms with Gasteiger partial charge in [-0.25, -0.2) is 4.39 Å². The Balaban J connectivity index is 2.43. The first-order valence-electron chi connectivity index (χ1n) is 6.28. The summed E-state index contributed by atoms with van der Waals surface area (Å²) in [7, 11) is 0. The van der Waals surface area contributed by atoms with Gasteiger partial charge in [-0.15, -0.1) is 0 Å². The average molecular weight is 259 g/mol. The Bertz CT molecular complexity index is 593. The van der Waals surface area contributed by atoms with Crippen molar-refractivity contribution in [2.75, 3.05) is 0 Å². The van der Waals surface area contributed by atoms with Crippen LogP contribution in [0.1, 0.15) is 29.7 Å². The van der Waals surface area contributed by atoms with Gasteiger partial charge in [-0.05, 0) is 38.5 Å². The normalized spacial score (nSPS) is 12.3. The molecular formula is C16H18FNO. The molecule has 0 saturated carbocycles. The molecule has 1 atom stereocenters. The highest BCUT2D eigenvalue weighted by Gasteiger charge is 2.14. The van der Waals surface area contributed by atoms with Gasteiger partial charge in [0.05, 0.1) is 0 Å². The maximum Gasteiger partial charge on any atom is 0.167 e. The predicted molar refractivity (Wildman–Crippen MR) is 75.0 cm³/mol. The van der Waals surface area contributed by atoms with E-state index in [0.29, 0.717) is 11.3 Å². The second kappa shape index (κ2) is 5.41. The monoisotopic (exact) mass is 259 g/mol. The Morgan fingerprint density at radius 2 is 1.89 bits per heavy atom. The fraction of sp³-hybridized carbons (Fsp3) is 0.250. The fourth-order valence-electron chi connectivity index (χ4n) is 2.02. The van der Waals surface area contributed by atoms with E-state index in [-0.39, 0.29) is 11.8 Å². The summed E-state index contributed by atoms with van der Waals surface area (Å²) in [6.45, 7) is 5.76. The number of halogens is 1. The summed E-state index contributed by atoms with van der Waals surface area (Å²) in [5.41, 5.74) is 8.63. The first-order valence-corrected chi connectivity index (χ1v) is 6.28. The number of hydrogen-bond donors (Lipinski definition) is 1. The third kappa shape index (κ3) is 2.93. The summed E-state index contributed by atoms with van der Waals surface area (Å²) in [5, 5.41) is 0. The Morgan fingerprint density at radius 3 is 2.53 bits per heavy atom. The lowest BCUT2D eigenvalue weighted by molar-refractivity contribution is 0.430. The molecule has 0 radical (unpaired) electrons. The lowest BCUT2D eigenvalue weighted by atomic mass is 10.1. The Labute approximate surface area is 113 Å². The van der Waals surface area contributed by atoms with Crippen molar-refractivity contribution < 1.29 is 9.13 Å². The maximum atomic E-state index is 13.9. The predicted octanol–water partition coefficient (Wildman–Crippen LogP) is 4.25. The van der Waals surface area contributed by atoms with E-state index >= 15 is 0 Å². The molecule has 2 aromatic carbocycles. The van der Waals surface area contributed by atoms with Crippen molar-refractivity contribution in [1.29, 1.82) is 0 Å². The molecule has 0 aliphatic rings. The van der Waals surface area contributed by atoms with Crippen LogP contribution in [0.4, 0.5) is 4.39 Å². The topological polar surface area (TPSA) is 35.2 Å². The summed E-state index contributed by atoms with van der Waals surface area (Å²) in [6.07, 6.45) is 0. The molecule has 0 saturated heterocycles. The van der Waals surface area contributed by atoms with Crippen molar-refractivity contribution in [2.45, 2.75) is 26.8 Å². The van der Waals surface area contributed by atoms with Crippen LogP contribution in [0.25, 0.3) is 0 Å². The van der Waals surface area contributed by atoms with Gasteiger partial charge in [0.15, 0.2) is 11.6 Å². The summed E-state index contributed by atoms with van der Waals surface area (Å²) in [6, 6.07) is 10.3. The summed E-state index contributed by atoms with van der Waals surface area (Å²) >= 11 is 0. The number of nitrogens with two attached hydrogens (primary N) is 1. The number of hydrogen-bond acceptors (Lipinski definition) is 2. The molecule has 19 heavy (non-hydrogen) atoms. The molecule has 2 rings (SSSR count). The second-order valence-electron chi connectivity index (χ2n) is 4.82. The molecule has 3 heteroatoms. The summed E-state index contributed by atoms with van der Waals surface area (Å²) in [5.74, 6) is 0.469. The highest BCUT2D eigenvalue weighted by molar-refractivity contribution is 5.43. The van der Waals surface area contributed by atoms with Crippen molar-refractivity contribution in [3.8, 4) is 11.5 Å². The largest absolute Gasteiger partial charge is 0.454 e. The molecule has 0 aliphatic heterocycles. The van der Waals surface area contributed by atoms with E-state index in [9.17, 15) is 4.39 Å². The Hall–Kier alpha value is -1.87. The SMILES string of the molecule is Cc1ccc(Oc2c(F)cccc2[C@H](C)N)c(C)c1. The first kappa shape index (κ1) is 13.6. The van der Waals surface area contributed by atoms with E-state index in [0.717, 1.165) is 11.1 Å². The van der Waals surface area contributed by atoms with Gasteiger partial charge in [0.25, 0.3) is 0 Å². The molecule has 2 N–H and O–H groups in total. The molecule has 0 fully saturated rings. The van der Waals surface area contributed by atoms with Crippen LogP contribution in [-0.2, 0) is 0 Å². The third-order valence-electron chi connectivity index (χ3n) is 3.03. The second-order valence-corrected chi connectivity index (χ2v) is 4.82. The van der Waals surface area contributed by atoms with Gasteiger partial charge in [0, 0.05) is 11.6 Å². The van der Waals surface area contributed by atoms with Gasteiger partial charge in [-0.1, -0.05) is 29.8 Å². The molecule has 0 aliphatic carbocycles. The molecule has 0 aromatic heterocycles. The van der Waals surface area contributed by atoms with Gasteiger partial charge in [0.2, 0.25) is 0 Å². The molecule has 2 nitrogen and oxygen atoms in total. The van der Waals surface area contributed by atoms with Crippen molar-refractivity contribution in [3.63, 3.8) is 0 Å². The van der Waals surface area contributed by atoms with Gasteiger partial charge in [-0.3, -0.25) is 0 Å². The third-order valence-corrected chi connectivity index (χ3v) is 3.03. The van der Waals surface area contributed by atoms with Crippen molar-refractivity contribution in [1.82, 2.24) is 0 Å². The highest BCUT2D eigenvalue weighted by atomic mass is 19.1. The van der Waals surface area contributed by atoms with Gasteiger partial charge in [0.1, 0.15) is 5.75 Å². The zero-order chi connectivity index (χ0) is 14.0. The van der Waals surface area contributed by atoms with Crippen molar-refractivity contribution >= 4 is 0 Å². The van der Waals surface area contributed by atoms with E-state index in [1.807, 2.05) is 39.0 Å². The molecule has 0 unspecified atom stereocenters. The fourth-order valence-corrected chi connectivity index (χ4v) is 2.02. The Morgan fingerprint density at radius 1 is 1.16 bits per heavy atom. The zero-order valence-corrected chi connectivity index (χ0v) is 11.4. The lowest BCUT2D eigenvalue weighted by Gasteiger charge is -2.16. The minimum Gasteiger partial charge on any atom is -0.454 e. The van der Waals surface area contributed by atoms with Crippen molar-refractivity contribution in [2.24, 2.45) is 5.73 Å². The van der Waals surface area contributed by atoms with Gasteiger partial charge in [-0.2, -0.15) is 0 Å². The molecule has 100 valence electrons. The zero-order valence-electron chi connectivity index (χ0n) is 11.4. The van der Waals surface area contributed by atoms with Crippen LogP contribution in [0.3, 0.4) is 0 Å². The van der Waals surface area contributed by atoms with Gasteiger partial charge >= 0.3 is 0 Å². The molecule has 0 spiro atoms.